The van der Waals surface area contributed by atoms with Gasteiger partial charge in [0.2, 0.25) is 0 Å². The number of aromatic nitrogens is 4. The summed E-state index contributed by atoms with van der Waals surface area (Å²) in [4.78, 5) is 16.2. The summed E-state index contributed by atoms with van der Waals surface area (Å²) in [5.74, 6) is 1.65. The average Bonchev–Trinajstić information content (AvgIpc) is 1.71. The summed E-state index contributed by atoms with van der Waals surface area (Å²) in [6, 6.07) is 114. The van der Waals surface area contributed by atoms with E-state index in [2.05, 4.69) is 290 Å². The highest BCUT2D eigenvalue weighted by Crippen LogP contribution is 2.54. The van der Waals surface area contributed by atoms with Gasteiger partial charge in [0.25, 0.3) is 0 Å². The molecule has 0 N–H and O–H groups in total. The van der Waals surface area contributed by atoms with E-state index < -0.39 is 0 Å². The number of hydrogen-bond acceptors (Lipinski definition) is 3. The van der Waals surface area contributed by atoms with Crippen LogP contribution in [-0.4, -0.2) is 19.5 Å². The molecule has 2 heterocycles. The van der Waals surface area contributed by atoms with E-state index in [4.69, 9.17) is 15.0 Å². The molecule has 85 heavy (non-hydrogen) atoms. The largest absolute Gasteiger partial charge is 0.310 e. The lowest BCUT2D eigenvalue weighted by atomic mass is 9.79. The van der Waals surface area contributed by atoms with E-state index in [0.717, 1.165) is 106 Å². The highest BCUT2D eigenvalue weighted by atomic mass is 15.0. The van der Waals surface area contributed by atoms with Gasteiger partial charge in [-0.15, -0.1) is 0 Å². The maximum atomic E-state index is 5.48. The first-order chi connectivity index (χ1) is 42.2. The minimum atomic E-state index is -0.252. The highest BCUT2D eigenvalue weighted by Gasteiger charge is 2.35. The molecule has 400 valence electrons. The van der Waals surface area contributed by atoms with E-state index in [-0.39, 0.29) is 5.92 Å². The third-order valence-electron chi connectivity index (χ3n) is 16.7. The number of nitrogens with zero attached hydrogens (tertiary/aromatic N) is 4. The molecule has 0 aliphatic heterocycles. The van der Waals surface area contributed by atoms with Crippen molar-refractivity contribution in [3.8, 4) is 89.5 Å². The number of fused-ring (bicyclic) bond motifs is 3. The van der Waals surface area contributed by atoms with Gasteiger partial charge < -0.3 is 4.57 Å². The van der Waals surface area contributed by atoms with Crippen molar-refractivity contribution in [1.82, 2.24) is 19.5 Å². The maximum absolute atomic E-state index is 5.48. The van der Waals surface area contributed by atoms with Crippen LogP contribution < -0.4 is 0 Å². The lowest BCUT2D eigenvalue weighted by Gasteiger charge is -2.32. The Hall–Kier alpha value is -11.1. The van der Waals surface area contributed by atoms with E-state index in [9.17, 15) is 0 Å². The van der Waals surface area contributed by atoms with Gasteiger partial charge in [0.05, 0.1) is 11.0 Å². The van der Waals surface area contributed by atoms with Crippen LogP contribution >= 0.6 is 0 Å². The minimum absolute atomic E-state index is 0.252. The van der Waals surface area contributed by atoms with E-state index >= 15 is 0 Å². The van der Waals surface area contributed by atoms with Crippen molar-refractivity contribution in [2.75, 3.05) is 0 Å². The second-order valence-electron chi connectivity index (χ2n) is 21.8. The summed E-state index contributed by atoms with van der Waals surface area (Å²) in [7, 11) is 0. The third-order valence-corrected chi connectivity index (χ3v) is 16.7. The van der Waals surface area contributed by atoms with Crippen molar-refractivity contribution in [3.63, 3.8) is 0 Å². The first-order valence-electron chi connectivity index (χ1n) is 29.2. The van der Waals surface area contributed by atoms with Crippen LogP contribution in [-0.2, 0) is 0 Å². The fourth-order valence-electron chi connectivity index (χ4n) is 12.7. The number of benzene rings is 12. The molecule has 0 spiro atoms. The summed E-state index contributed by atoms with van der Waals surface area (Å²) >= 11 is 0. The van der Waals surface area contributed by atoms with Crippen molar-refractivity contribution in [2.24, 2.45) is 0 Å². The number of hydrogen-bond donors (Lipinski definition) is 0. The molecule has 14 aromatic rings. The molecule has 1 aliphatic carbocycles. The van der Waals surface area contributed by atoms with E-state index in [1.165, 1.54) is 21.9 Å². The predicted molar refractivity (Wildman–Crippen MR) is 354 cm³/mol. The Bertz CT molecular complexity index is 4560. The third kappa shape index (κ3) is 9.66. The summed E-state index contributed by atoms with van der Waals surface area (Å²) in [6.45, 7) is 0. The van der Waals surface area contributed by atoms with Gasteiger partial charge in [0.1, 0.15) is 0 Å². The van der Waals surface area contributed by atoms with Gasteiger partial charge >= 0.3 is 0 Å². The topological polar surface area (TPSA) is 43.6 Å². The maximum Gasteiger partial charge on any atom is 0.164 e. The molecule has 2 aromatic heterocycles. The molecule has 1 aliphatic rings. The summed E-state index contributed by atoms with van der Waals surface area (Å²) in [6.07, 6.45) is 2.99. The van der Waals surface area contributed by atoms with Gasteiger partial charge in [0.15, 0.2) is 17.5 Å². The Morgan fingerprint density at radius 1 is 0.271 bits per heavy atom. The van der Waals surface area contributed by atoms with Crippen LogP contribution in [0, 0.1) is 0 Å². The fourth-order valence-corrected chi connectivity index (χ4v) is 12.7. The quantitative estimate of drug-likeness (QED) is 0.122. The number of rotatable bonds is 12. The van der Waals surface area contributed by atoms with Gasteiger partial charge in [-0.3, -0.25) is 0 Å². The Morgan fingerprint density at radius 3 is 0.988 bits per heavy atom. The first-order valence-corrected chi connectivity index (χ1v) is 29.2. The summed E-state index contributed by atoms with van der Waals surface area (Å²) in [5.41, 5.74) is 23.5. The molecule has 0 bridgehead atoms. The molecule has 4 heteroatoms. The second-order valence-corrected chi connectivity index (χ2v) is 21.8. The van der Waals surface area contributed by atoms with Crippen molar-refractivity contribution >= 4 is 38.6 Å². The Labute approximate surface area is 495 Å². The van der Waals surface area contributed by atoms with Crippen LogP contribution in [0.4, 0.5) is 0 Å². The first kappa shape index (κ1) is 50.9. The minimum Gasteiger partial charge on any atom is -0.310 e. The Kier molecular flexibility index (Phi) is 13.4. The molecular weight excluding hydrogens is 1030 g/mol. The van der Waals surface area contributed by atoms with E-state index in [0.29, 0.717) is 23.9 Å². The number of allylic oxidation sites excluding steroid dienone is 4. The lowest BCUT2D eigenvalue weighted by Crippen LogP contribution is -2.17. The molecule has 0 saturated carbocycles. The molecular formula is C81H56N4. The standard InChI is InChI=1S/C81H56N4/c1-9-25-55(26-10-1)57-41-45-61(46-42-57)72-53-67(81-83-79(65-37-21-7-22-38-65)82-80(84-81)66-39-23-8-24-40-66)54-73(62-47-43-58(44-48-62)56-27-11-2-12-28-56)76(72)85-77-70(51-49-68(59-29-13-3-14-30-59)74(77)63-33-17-5-18-34-63)71-52-50-69(60-31-15-4-16-32-60)75(78(71)85)64-35-19-6-20-36-64/h1-53,73H,54H2. The van der Waals surface area contributed by atoms with Crippen LogP contribution in [0.5, 0.6) is 0 Å². The van der Waals surface area contributed by atoms with Gasteiger partial charge in [-0.25, -0.2) is 15.0 Å². The van der Waals surface area contributed by atoms with Crippen LogP contribution in [0.3, 0.4) is 0 Å². The SMILES string of the molecule is C1=C(c2nc(-c3ccccc3)nc(-c3ccccc3)n2)CC(c2ccc(-c3ccccc3)cc2)C(n2c3c(-c4ccccc4)c(-c4ccccc4)ccc3c3ccc(-c4ccccc4)c(-c4ccccc4)c32)=C1c1ccc(-c2ccccc2)cc1. The van der Waals surface area contributed by atoms with Crippen molar-refractivity contribution in [1.29, 1.82) is 0 Å². The van der Waals surface area contributed by atoms with Crippen molar-refractivity contribution in [3.05, 3.63) is 338 Å². The van der Waals surface area contributed by atoms with Crippen molar-refractivity contribution in [2.45, 2.75) is 12.3 Å². The van der Waals surface area contributed by atoms with Crippen LogP contribution in [0.15, 0.2) is 322 Å². The monoisotopic (exact) mass is 1080 g/mol. The van der Waals surface area contributed by atoms with Crippen LogP contribution in [0.25, 0.3) is 128 Å². The molecule has 1 atom stereocenters. The molecule has 4 nitrogen and oxygen atoms in total. The Morgan fingerprint density at radius 2 is 0.588 bits per heavy atom. The van der Waals surface area contributed by atoms with Crippen LogP contribution in [0.1, 0.15) is 29.3 Å². The van der Waals surface area contributed by atoms with Gasteiger partial charge in [-0.05, 0) is 84.8 Å². The molecule has 0 amide bonds. The van der Waals surface area contributed by atoms with Gasteiger partial charge in [-0.1, -0.05) is 315 Å². The van der Waals surface area contributed by atoms with Gasteiger partial charge in [-0.2, -0.15) is 0 Å². The molecule has 1 unspecified atom stereocenters. The smallest absolute Gasteiger partial charge is 0.164 e. The molecule has 0 fully saturated rings. The molecule has 15 rings (SSSR count). The zero-order valence-electron chi connectivity index (χ0n) is 46.7. The van der Waals surface area contributed by atoms with E-state index in [1.54, 1.807) is 0 Å². The van der Waals surface area contributed by atoms with Gasteiger partial charge in [0, 0.05) is 50.2 Å². The average molecular weight is 1090 g/mol. The van der Waals surface area contributed by atoms with Crippen molar-refractivity contribution < 1.29 is 0 Å². The highest BCUT2D eigenvalue weighted by molar-refractivity contribution is 6.23. The zero-order chi connectivity index (χ0) is 56.5. The molecule has 12 aromatic carbocycles. The lowest BCUT2D eigenvalue weighted by molar-refractivity contribution is 0.835. The Balaban J connectivity index is 1.13. The zero-order valence-corrected chi connectivity index (χ0v) is 46.7. The summed E-state index contributed by atoms with van der Waals surface area (Å²) < 4.78 is 2.70. The normalized spacial score (nSPS) is 13.3. The predicted octanol–water partition coefficient (Wildman–Crippen LogP) is 21.0. The van der Waals surface area contributed by atoms with E-state index in [1.807, 2.05) is 36.4 Å². The molecule has 0 saturated heterocycles. The fraction of sp³-hybridized carbons (Fsp3) is 0.0247. The second kappa shape index (κ2) is 22.4. The molecule has 0 radical (unpaired) electrons. The van der Waals surface area contributed by atoms with Crippen LogP contribution in [0.2, 0.25) is 0 Å². The summed E-state index contributed by atoms with van der Waals surface area (Å²) in [5, 5.41) is 2.34.